The zero-order chi connectivity index (χ0) is 9.84. The van der Waals surface area contributed by atoms with Crippen LogP contribution >= 0.6 is 0 Å². The molecule has 0 saturated heterocycles. The topological polar surface area (TPSA) is 57.2 Å². The van der Waals surface area contributed by atoms with Gasteiger partial charge in [0, 0.05) is 18.9 Å². The Morgan fingerprint density at radius 2 is 2.23 bits per heavy atom. The van der Waals surface area contributed by atoms with Crippen LogP contribution in [-0.2, 0) is 18.0 Å². The summed E-state index contributed by atoms with van der Waals surface area (Å²) < 4.78 is 6.45. The van der Waals surface area contributed by atoms with Crippen molar-refractivity contribution in [1.29, 1.82) is 0 Å². The second-order valence-electron chi connectivity index (χ2n) is 2.89. The first kappa shape index (κ1) is 9.95. The molecular formula is C9H14N2O2. The molecule has 0 spiro atoms. The molecule has 0 aliphatic rings. The van der Waals surface area contributed by atoms with Crippen molar-refractivity contribution in [2.75, 3.05) is 7.11 Å². The average molecular weight is 182 g/mol. The second kappa shape index (κ2) is 4.20. The van der Waals surface area contributed by atoms with Gasteiger partial charge < -0.3 is 10.5 Å². The predicted octanol–water partition coefficient (Wildman–Crippen LogP) is 0.219. The summed E-state index contributed by atoms with van der Waals surface area (Å²) in [6, 6.07) is 3.45. The highest BCUT2D eigenvalue weighted by Crippen LogP contribution is 2.01. The van der Waals surface area contributed by atoms with E-state index in [-0.39, 0.29) is 12.2 Å². The van der Waals surface area contributed by atoms with Crippen LogP contribution in [0, 0.1) is 6.92 Å². The first-order valence-electron chi connectivity index (χ1n) is 4.08. The van der Waals surface area contributed by atoms with Crippen LogP contribution in [0.15, 0.2) is 16.9 Å². The van der Waals surface area contributed by atoms with Crippen molar-refractivity contribution in [1.82, 2.24) is 4.57 Å². The molecule has 0 fully saturated rings. The lowest BCUT2D eigenvalue weighted by molar-refractivity contribution is 0.184. The Balaban J connectivity index is 3.13. The predicted molar refractivity (Wildman–Crippen MR) is 50.3 cm³/mol. The van der Waals surface area contributed by atoms with Gasteiger partial charge in [0.2, 0.25) is 0 Å². The van der Waals surface area contributed by atoms with Gasteiger partial charge in [-0.1, -0.05) is 0 Å². The van der Waals surface area contributed by atoms with E-state index in [0.29, 0.717) is 6.61 Å². The lowest BCUT2D eigenvalue weighted by atomic mass is 10.2. The number of hydrogen-bond acceptors (Lipinski definition) is 3. The Kier molecular flexibility index (Phi) is 3.22. The zero-order valence-corrected chi connectivity index (χ0v) is 7.91. The molecule has 0 unspecified atom stereocenters. The molecule has 0 aliphatic heterocycles. The molecule has 0 saturated carbocycles. The van der Waals surface area contributed by atoms with Crippen LogP contribution in [0.4, 0.5) is 0 Å². The minimum absolute atomic E-state index is 0.0745. The van der Waals surface area contributed by atoms with Crippen molar-refractivity contribution >= 4 is 0 Å². The average Bonchev–Trinajstić information content (AvgIpc) is 2.04. The normalized spacial score (nSPS) is 10.4. The van der Waals surface area contributed by atoms with Gasteiger partial charge in [-0.3, -0.25) is 9.36 Å². The number of ether oxygens (including phenoxy) is 1. The van der Waals surface area contributed by atoms with E-state index in [1.807, 2.05) is 13.0 Å². The van der Waals surface area contributed by atoms with Gasteiger partial charge in [0.25, 0.3) is 5.56 Å². The molecule has 0 atom stereocenters. The van der Waals surface area contributed by atoms with Crippen LogP contribution in [0.2, 0.25) is 0 Å². The summed E-state index contributed by atoms with van der Waals surface area (Å²) in [4.78, 5) is 11.4. The third kappa shape index (κ3) is 2.17. The van der Waals surface area contributed by atoms with Crippen LogP contribution in [0.5, 0.6) is 0 Å². The van der Waals surface area contributed by atoms with Gasteiger partial charge >= 0.3 is 0 Å². The Hall–Kier alpha value is -1.13. The van der Waals surface area contributed by atoms with Gasteiger partial charge in [-0.15, -0.1) is 0 Å². The van der Waals surface area contributed by atoms with Crippen LogP contribution in [0.3, 0.4) is 0 Å². The first-order chi connectivity index (χ1) is 6.19. The molecule has 0 aliphatic carbocycles. The molecule has 13 heavy (non-hydrogen) atoms. The zero-order valence-electron chi connectivity index (χ0n) is 7.91. The number of aryl methyl sites for hydroxylation is 1. The Morgan fingerprint density at radius 3 is 2.69 bits per heavy atom. The third-order valence-corrected chi connectivity index (χ3v) is 1.89. The maximum absolute atomic E-state index is 11.4. The standard InChI is InChI=1S/C9H14N2O2/c1-7-3-8(5-13-2)4-9(12)11(7)6-10/h3-4H,5-6,10H2,1-2H3. The van der Waals surface area contributed by atoms with E-state index in [1.165, 1.54) is 4.57 Å². The van der Waals surface area contributed by atoms with Crippen LogP contribution in [0.1, 0.15) is 11.3 Å². The molecule has 4 nitrogen and oxygen atoms in total. The molecule has 0 aromatic carbocycles. The lowest BCUT2D eigenvalue weighted by Crippen LogP contribution is -2.26. The van der Waals surface area contributed by atoms with Crippen LogP contribution in [0.25, 0.3) is 0 Å². The second-order valence-corrected chi connectivity index (χ2v) is 2.89. The molecule has 0 bridgehead atoms. The summed E-state index contributed by atoms with van der Waals surface area (Å²) >= 11 is 0. The number of nitrogens with zero attached hydrogens (tertiary/aromatic N) is 1. The summed E-state index contributed by atoms with van der Waals surface area (Å²) in [5.41, 5.74) is 7.08. The van der Waals surface area contributed by atoms with Crippen molar-refractivity contribution in [3.63, 3.8) is 0 Å². The van der Waals surface area contributed by atoms with Gasteiger partial charge in [0.15, 0.2) is 0 Å². The Labute approximate surface area is 76.9 Å². The Bertz CT molecular complexity index is 344. The van der Waals surface area contributed by atoms with Crippen LogP contribution < -0.4 is 11.3 Å². The molecule has 0 radical (unpaired) electrons. The van der Waals surface area contributed by atoms with Gasteiger partial charge in [-0.05, 0) is 18.6 Å². The smallest absolute Gasteiger partial charge is 0.252 e. The quantitative estimate of drug-likeness (QED) is 0.727. The largest absolute Gasteiger partial charge is 0.380 e. The van der Waals surface area contributed by atoms with Gasteiger partial charge in [-0.2, -0.15) is 0 Å². The molecule has 2 N–H and O–H groups in total. The minimum atomic E-state index is -0.0745. The molecule has 1 rings (SSSR count). The fourth-order valence-corrected chi connectivity index (χ4v) is 1.28. The minimum Gasteiger partial charge on any atom is -0.380 e. The van der Waals surface area contributed by atoms with E-state index in [4.69, 9.17) is 10.5 Å². The molecule has 1 heterocycles. The van der Waals surface area contributed by atoms with E-state index >= 15 is 0 Å². The molecule has 1 aromatic heterocycles. The fourth-order valence-electron chi connectivity index (χ4n) is 1.28. The van der Waals surface area contributed by atoms with Crippen LogP contribution in [-0.4, -0.2) is 11.7 Å². The third-order valence-electron chi connectivity index (χ3n) is 1.89. The lowest BCUT2D eigenvalue weighted by Gasteiger charge is -2.08. The van der Waals surface area contributed by atoms with E-state index in [9.17, 15) is 4.79 Å². The number of hydrogen-bond donors (Lipinski definition) is 1. The SMILES string of the molecule is COCc1cc(C)n(CN)c(=O)c1. The van der Waals surface area contributed by atoms with Crippen molar-refractivity contribution < 1.29 is 4.74 Å². The highest BCUT2D eigenvalue weighted by Gasteiger charge is 2.00. The molecule has 4 heteroatoms. The molecule has 1 aromatic rings. The maximum Gasteiger partial charge on any atom is 0.252 e. The Morgan fingerprint density at radius 1 is 1.54 bits per heavy atom. The van der Waals surface area contributed by atoms with E-state index in [1.54, 1.807) is 13.2 Å². The molecule has 72 valence electrons. The number of rotatable bonds is 3. The highest BCUT2D eigenvalue weighted by molar-refractivity contribution is 5.16. The van der Waals surface area contributed by atoms with Crippen molar-refractivity contribution in [3.8, 4) is 0 Å². The van der Waals surface area contributed by atoms with Gasteiger partial charge in [0.05, 0.1) is 13.3 Å². The summed E-state index contributed by atoms with van der Waals surface area (Å²) in [7, 11) is 1.60. The van der Waals surface area contributed by atoms with Gasteiger partial charge in [-0.25, -0.2) is 0 Å². The summed E-state index contributed by atoms with van der Waals surface area (Å²) in [6.45, 7) is 2.53. The van der Waals surface area contributed by atoms with E-state index in [0.717, 1.165) is 11.3 Å². The summed E-state index contributed by atoms with van der Waals surface area (Å²) in [5, 5.41) is 0. The monoisotopic (exact) mass is 182 g/mol. The maximum atomic E-state index is 11.4. The van der Waals surface area contributed by atoms with Crippen molar-refractivity contribution in [2.24, 2.45) is 5.73 Å². The van der Waals surface area contributed by atoms with E-state index < -0.39 is 0 Å². The fraction of sp³-hybridized carbons (Fsp3) is 0.444. The van der Waals surface area contributed by atoms with Gasteiger partial charge in [0.1, 0.15) is 0 Å². The first-order valence-corrected chi connectivity index (χ1v) is 4.08. The van der Waals surface area contributed by atoms with Crippen molar-refractivity contribution in [3.05, 3.63) is 33.7 Å². The molecular weight excluding hydrogens is 168 g/mol. The number of aromatic nitrogens is 1. The highest BCUT2D eigenvalue weighted by atomic mass is 16.5. The summed E-state index contributed by atoms with van der Waals surface area (Å²) in [6.07, 6.45) is 0. The summed E-state index contributed by atoms with van der Waals surface area (Å²) in [5.74, 6) is 0. The number of methoxy groups -OCH3 is 1. The molecule has 0 amide bonds. The van der Waals surface area contributed by atoms with E-state index in [2.05, 4.69) is 0 Å². The van der Waals surface area contributed by atoms with Crippen molar-refractivity contribution in [2.45, 2.75) is 20.2 Å². The number of nitrogens with two attached hydrogens (primary N) is 1. The number of pyridine rings is 1.